The van der Waals surface area contributed by atoms with E-state index in [1.807, 2.05) is 0 Å². The van der Waals surface area contributed by atoms with E-state index in [4.69, 9.17) is 21.1 Å². The number of methoxy groups -OCH3 is 2. The Kier molecular flexibility index (Phi) is 5.12. The molecule has 0 radical (unpaired) electrons. The van der Waals surface area contributed by atoms with Crippen molar-refractivity contribution in [1.29, 1.82) is 0 Å². The fourth-order valence-corrected chi connectivity index (χ4v) is 2.63. The van der Waals surface area contributed by atoms with E-state index in [9.17, 15) is 14.0 Å². The lowest BCUT2D eigenvalue weighted by Crippen LogP contribution is -2.47. The molecule has 1 fully saturated rings. The van der Waals surface area contributed by atoms with Crippen molar-refractivity contribution in [2.45, 2.75) is 6.42 Å². The third-order valence-corrected chi connectivity index (χ3v) is 3.70. The zero-order valence-electron chi connectivity index (χ0n) is 12.1. The van der Waals surface area contributed by atoms with Crippen molar-refractivity contribution >= 4 is 29.4 Å². The Bertz CT molecular complexity index is 562. The van der Waals surface area contributed by atoms with E-state index >= 15 is 0 Å². The van der Waals surface area contributed by atoms with Gasteiger partial charge in [-0.05, 0) is 18.0 Å². The summed E-state index contributed by atoms with van der Waals surface area (Å²) < 4.78 is 23.4. The first-order chi connectivity index (χ1) is 10.5. The maximum absolute atomic E-state index is 13.9. The van der Waals surface area contributed by atoms with Gasteiger partial charge in [0.1, 0.15) is 0 Å². The van der Waals surface area contributed by atoms with Gasteiger partial charge in [-0.15, -0.1) is 0 Å². The van der Waals surface area contributed by atoms with Crippen molar-refractivity contribution in [2.75, 3.05) is 32.2 Å². The van der Waals surface area contributed by atoms with Gasteiger partial charge in [0.05, 0.1) is 32.3 Å². The molecular formula is C13H15ClFN3O4. The van der Waals surface area contributed by atoms with Crippen LogP contribution in [0.2, 0.25) is 5.28 Å². The van der Waals surface area contributed by atoms with Gasteiger partial charge >= 0.3 is 11.9 Å². The number of nitrogens with zero attached hydrogens (tertiary/aromatic N) is 3. The summed E-state index contributed by atoms with van der Waals surface area (Å²) in [4.78, 5) is 32.5. The van der Waals surface area contributed by atoms with E-state index in [0.29, 0.717) is 0 Å². The molecule has 2 atom stereocenters. The number of hydrogen-bond donors (Lipinski definition) is 0. The molecule has 2 heterocycles. The fraction of sp³-hybridized carbons (Fsp3) is 0.538. The van der Waals surface area contributed by atoms with Gasteiger partial charge in [0.2, 0.25) is 5.28 Å². The predicted octanol–water partition coefficient (Wildman–Crippen LogP) is 1.06. The summed E-state index contributed by atoms with van der Waals surface area (Å²) in [7, 11) is 2.52. The average molecular weight is 332 g/mol. The van der Waals surface area contributed by atoms with Gasteiger partial charge in [0, 0.05) is 13.1 Å². The van der Waals surface area contributed by atoms with E-state index in [0.717, 1.165) is 6.20 Å². The molecule has 0 bridgehead atoms. The molecule has 1 aliphatic heterocycles. The zero-order chi connectivity index (χ0) is 16.3. The van der Waals surface area contributed by atoms with E-state index in [-0.39, 0.29) is 30.6 Å². The second kappa shape index (κ2) is 6.87. The molecule has 0 N–H and O–H groups in total. The number of piperidine rings is 1. The summed E-state index contributed by atoms with van der Waals surface area (Å²) in [6, 6.07) is 0. The first kappa shape index (κ1) is 16.4. The number of esters is 2. The second-order valence-electron chi connectivity index (χ2n) is 4.89. The van der Waals surface area contributed by atoms with Crippen LogP contribution in [0.4, 0.5) is 10.2 Å². The molecule has 0 amide bonds. The molecule has 0 aliphatic carbocycles. The molecule has 1 saturated heterocycles. The summed E-state index contributed by atoms with van der Waals surface area (Å²) >= 11 is 5.69. The molecule has 22 heavy (non-hydrogen) atoms. The molecule has 2 rings (SSSR count). The van der Waals surface area contributed by atoms with Crippen molar-refractivity contribution < 1.29 is 23.5 Å². The molecule has 0 spiro atoms. The van der Waals surface area contributed by atoms with Crippen LogP contribution in [0, 0.1) is 17.7 Å². The molecule has 1 aromatic heterocycles. The van der Waals surface area contributed by atoms with Crippen LogP contribution in [0.3, 0.4) is 0 Å². The standard InChI is InChI=1S/C13H15ClFN3O4/c1-21-11(19)7-3-8(12(20)22-2)6-18(5-7)10-9(15)4-16-13(14)17-10/h4,7-8H,3,5-6H2,1-2H3/t7-,8+. The van der Waals surface area contributed by atoms with Gasteiger partial charge in [-0.1, -0.05) is 0 Å². The van der Waals surface area contributed by atoms with Gasteiger partial charge in [-0.3, -0.25) is 9.59 Å². The van der Waals surface area contributed by atoms with Crippen LogP contribution >= 0.6 is 11.6 Å². The SMILES string of the molecule is COC(=O)[C@@H]1C[C@H](C(=O)OC)CN(c2nc(Cl)ncc2F)C1. The summed E-state index contributed by atoms with van der Waals surface area (Å²) in [5.74, 6) is -2.86. The van der Waals surface area contributed by atoms with Crippen LogP contribution in [-0.4, -0.2) is 49.2 Å². The number of carbonyl (C=O) groups excluding carboxylic acids is 2. The lowest BCUT2D eigenvalue weighted by Gasteiger charge is -2.36. The van der Waals surface area contributed by atoms with Crippen LogP contribution < -0.4 is 4.90 Å². The van der Waals surface area contributed by atoms with Crippen molar-refractivity contribution in [3.63, 3.8) is 0 Å². The maximum Gasteiger partial charge on any atom is 0.310 e. The zero-order valence-corrected chi connectivity index (χ0v) is 12.8. The smallest absolute Gasteiger partial charge is 0.310 e. The van der Waals surface area contributed by atoms with Crippen molar-refractivity contribution in [2.24, 2.45) is 11.8 Å². The molecule has 9 heteroatoms. The quantitative estimate of drug-likeness (QED) is 0.605. The minimum atomic E-state index is -0.682. The topological polar surface area (TPSA) is 81.6 Å². The average Bonchev–Trinajstić information content (AvgIpc) is 2.55. The molecule has 0 saturated carbocycles. The minimum absolute atomic E-state index is 0.0532. The van der Waals surface area contributed by atoms with Crippen LogP contribution in [0.25, 0.3) is 0 Å². The van der Waals surface area contributed by atoms with Gasteiger partial charge in [-0.2, -0.15) is 4.98 Å². The third-order valence-electron chi connectivity index (χ3n) is 3.52. The maximum atomic E-state index is 13.9. The molecule has 120 valence electrons. The Morgan fingerprint density at radius 2 is 1.82 bits per heavy atom. The number of hydrogen-bond acceptors (Lipinski definition) is 7. The summed E-state index contributed by atoms with van der Waals surface area (Å²) in [5.41, 5.74) is 0. The largest absolute Gasteiger partial charge is 0.469 e. The van der Waals surface area contributed by atoms with E-state index < -0.39 is 29.6 Å². The van der Waals surface area contributed by atoms with E-state index in [2.05, 4.69) is 9.97 Å². The number of anilines is 1. The summed E-state index contributed by atoms with van der Waals surface area (Å²) in [6.07, 6.45) is 1.22. The fourth-order valence-electron chi connectivity index (χ4n) is 2.51. The van der Waals surface area contributed by atoms with Gasteiger partial charge in [0.15, 0.2) is 11.6 Å². The number of rotatable bonds is 3. The number of carbonyl (C=O) groups is 2. The molecule has 0 aromatic carbocycles. The molecule has 1 aliphatic rings. The predicted molar refractivity (Wildman–Crippen MR) is 74.8 cm³/mol. The monoisotopic (exact) mass is 331 g/mol. The number of halogens is 2. The lowest BCUT2D eigenvalue weighted by molar-refractivity contribution is -0.150. The third kappa shape index (κ3) is 3.44. The van der Waals surface area contributed by atoms with Gasteiger partial charge < -0.3 is 14.4 Å². The normalized spacial score (nSPS) is 21.4. The van der Waals surface area contributed by atoms with Crippen molar-refractivity contribution in [1.82, 2.24) is 9.97 Å². The highest BCUT2D eigenvalue weighted by atomic mass is 35.5. The van der Waals surface area contributed by atoms with E-state index in [1.165, 1.54) is 19.1 Å². The Morgan fingerprint density at radius 3 is 2.32 bits per heavy atom. The highest BCUT2D eigenvalue weighted by Crippen LogP contribution is 2.29. The highest BCUT2D eigenvalue weighted by Gasteiger charge is 2.37. The Labute approximate surface area is 131 Å². The summed E-state index contributed by atoms with van der Waals surface area (Å²) in [5, 5.41) is -0.119. The second-order valence-corrected chi connectivity index (χ2v) is 5.23. The number of aromatic nitrogens is 2. The van der Waals surface area contributed by atoms with E-state index in [1.54, 1.807) is 0 Å². The lowest BCUT2D eigenvalue weighted by atomic mass is 9.89. The molecule has 1 aromatic rings. The van der Waals surface area contributed by atoms with Crippen LogP contribution in [0.1, 0.15) is 6.42 Å². The molecule has 0 unspecified atom stereocenters. The highest BCUT2D eigenvalue weighted by molar-refractivity contribution is 6.28. The van der Waals surface area contributed by atoms with Crippen LogP contribution in [-0.2, 0) is 19.1 Å². The Hall–Kier alpha value is -1.96. The van der Waals surface area contributed by atoms with Crippen molar-refractivity contribution in [3.05, 3.63) is 17.3 Å². The van der Waals surface area contributed by atoms with Crippen molar-refractivity contribution in [3.8, 4) is 0 Å². The first-order valence-corrected chi connectivity index (χ1v) is 6.92. The number of ether oxygens (including phenoxy) is 2. The molecular weight excluding hydrogens is 317 g/mol. The summed E-state index contributed by atoms with van der Waals surface area (Å²) in [6.45, 7) is 0.342. The minimum Gasteiger partial charge on any atom is -0.469 e. The Morgan fingerprint density at radius 1 is 1.27 bits per heavy atom. The van der Waals surface area contributed by atoms with Gasteiger partial charge in [0.25, 0.3) is 0 Å². The van der Waals surface area contributed by atoms with Crippen LogP contribution in [0.5, 0.6) is 0 Å². The first-order valence-electron chi connectivity index (χ1n) is 6.55. The van der Waals surface area contributed by atoms with Crippen LogP contribution in [0.15, 0.2) is 6.20 Å². The molecule has 7 nitrogen and oxygen atoms in total. The Balaban J connectivity index is 2.31. The van der Waals surface area contributed by atoms with Gasteiger partial charge in [-0.25, -0.2) is 9.37 Å².